The van der Waals surface area contributed by atoms with Crippen LogP contribution in [0.2, 0.25) is 0 Å². The summed E-state index contributed by atoms with van der Waals surface area (Å²) < 4.78 is 7.14. The Morgan fingerprint density at radius 1 is 1.47 bits per heavy atom. The number of rotatable bonds is 6. The van der Waals surface area contributed by atoms with Gasteiger partial charge in [0, 0.05) is 32.0 Å². The van der Waals surface area contributed by atoms with E-state index in [-0.39, 0.29) is 11.9 Å². The molecule has 0 aliphatic carbocycles. The Morgan fingerprint density at radius 3 is 2.95 bits per heavy atom. The second kappa shape index (κ2) is 7.25. The summed E-state index contributed by atoms with van der Waals surface area (Å²) in [6.45, 7) is 6.33. The molecule has 6 nitrogen and oxygen atoms in total. The molecule has 106 valence electrons. The molecule has 1 amide bonds. The minimum absolute atomic E-state index is 0.129. The number of morpholine rings is 1. The van der Waals surface area contributed by atoms with Gasteiger partial charge in [0.05, 0.1) is 19.3 Å². The third-order valence-corrected chi connectivity index (χ3v) is 3.27. The van der Waals surface area contributed by atoms with E-state index in [0.717, 1.165) is 19.5 Å². The van der Waals surface area contributed by atoms with Crippen molar-refractivity contribution in [3.8, 4) is 0 Å². The summed E-state index contributed by atoms with van der Waals surface area (Å²) in [4.78, 5) is 14.0. The topological polar surface area (TPSA) is 59.4 Å². The lowest BCUT2D eigenvalue weighted by molar-refractivity contribution is -0.137. The van der Waals surface area contributed by atoms with Crippen LogP contribution in [0, 0.1) is 0 Å². The molecule has 0 radical (unpaired) electrons. The lowest BCUT2D eigenvalue weighted by atomic mass is 10.2. The van der Waals surface area contributed by atoms with Crippen LogP contribution in [-0.4, -0.2) is 59.5 Å². The molecule has 1 unspecified atom stereocenters. The normalized spacial score (nSPS) is 17.4. The number of aromatic nitrogens is 2. The summed E-state index contributed by atoms with van der Waals surface area (Å²) in [5.74, 6) is 0.169. The number of nitrogens with zero attached hydrogens (tertiary/aromatic N) is 3. The summed E-state index contributed by atoms with van der Waals surface area (Å²) in [5, 5.41) is 7.41. The van der Waals surface area contributed by atoms with Crippen molar-refractivity contribution in [2.75, 3.05) is 32.8 Å². The van der Waals surface area contributed by atoms with E-state index in [9.17, 15) is 4.79 Å². The maximum absolute atomic E-state index is 12.1. The molecule has 2 rings (SSSR count). The molecular formula is C13H22N4O2. The van der Waals surface area contributed by atoms with Gasteiger partial charge in [-0.3, -0.25) is 9.48 Å². The van der Waals surface area contributed by atoms with Crippen LogP contribution in [0.1, 0.15) is 13.3 Å². The second-order valence-corrected chi connectivity index (χ2v) is 4.74. The predicted molar refractivity (Wildman–Crippen MR) is 71.7 cm³/mol. The second-order valence-electron chi connectivity index (χ2n) is 4.74. The fourth-order valence-corrected chi connectivity index (χ4v) is 2.14. The van der Waals surface area contributed by atoms with E-state index in [4.69, 9.17) is 4.74 Å². The maximum Gasteiger partial charge on any atom is 0.239 e. The van der Waals surface area contributed by atoms with Gasteiger partial charge in [-0.05, 0) is 26.0 Å². The van der Waals surface area contributed by atoms with Gasteiger partial charge in [-0.1, -0.05) is 0 Å². The predicted octanol–water partition coefficient (Wildman–Crippen LogP) is 0.110. The van der Waals surface area contributed by atoms with Gasteiger partial charge in [0.25, 0.3) is 0 Å². The van der Waals surface area contributed by atoms with Crippen molar-refractivity contribution in [1.82, 2.24) is 20.0 Å². The van der Waals surface area contributed by atoms with Crippen molar-refractivity contribution >= 4 is 5.91 Å². The zero-order chi connectivity index (χ0) is 13.5. The number of hydrogen-bond donors (Lipinski definition) is 1. The first-order chi connectivity index (χ1) is 9.27. The van der Waals surface area contributed by atoms with Crippen LogP contribution in [0.3, 0.4) is 0 Å². The monoisotopic (exact) mass is 266 g/mol. The van der Waals surface area contributed by atoms with E-state index < -0.39 is 0 Å². The first-order valence-electron chi connectivity index (χ1n) is 6.85. The Hall–Kier alpha value is -1.40. The van der Waals surface area contributed by atoms with Crippen LogP contribution in [0.15, 0.2) is 18.5 Å². The van der Waals surface area contributed by atoms with E-state index in [0.29, 0.717) is 26.3 Å². The molecule has 0 spiro atoms. The zero-order valence-corrected chi connectivity index (χ0v) is 11.4. The van der Waals surface area contributed by atoms with Gasteiger partial charge < -0.3 is 15.0 Å². The Balaban J connectivity index is 1.63. The van der Waals surface area contributed by atoms with Crippen molar-refractivity contribution in [3.63, 3.8) is 0 Å². The molecule has 6 heteroatoms. The van der Waals surface area contributed by atoms with Crippen LogP contribution < -0.4 is 5.32 Å². The van der Waals surface area contributed by atoms with E-state index in [1.54, 1.807) is 6.20 Å². The van der Waals surface area contributed by atoms with Crippen LogP contribution in [-0.2, 0) is 16.1 Å². The summed E-state index contributed by atoms with van der Waals surface area (Å²) in [5.41, 5.74) is 0. The molecule has 1 saturated heterocycles. The highest BCUT2D eigenvalue weighted by molar-refractivity contribution is 5.81. The standard InChI is InChI=1S/C13H22N4O2/c1-12(13(18)16-8-10-19-11-9-16)14-4-2-6-17-7-3-5-15-17/h3,5,7,12,14H,2,4,6,8-11H2,1H3. The molecule has 1 aliphatic rings. The van der Waals surface area contributed by atoms with E-state index in [1.807, 2.05) is 28.8 Å². The van der Waals surface area contributed by atoms with E-state index >= 15 is 0 Å². The van der Waals surface area contributed by atoms with Gasteiger partial charge in [-0.15, -0.1) is 0 Å². The first-order valence-corrected chi connectivity index (χ1v) is 6.85. The molecular weight excluding hydrogens is 244 g/mol. The first kappa shape index (κ1) is 14.0. The number of carbonyl (C=O) groups is 1. The van der Waals surface area contributed by atoms with Crippen LogP contribution in [0.5, 0.6) is 0 Å². The van der Waals surface area contributed by atoms with Crippen molar-refractivity contribution in [3.05, 3.63) is 18.5 Å². The molecule has 0 saturated carbocycles. The quantitative estimate of drug-likeness (QED) is 0.743. The van der Waals surface area contributed by atoms with Crippen molar-refractivity contribution < 1.29 is 9.53 Å². The minimum atomic E-state index is -0.129. The molecule has 1 N–H and O–H groups in total. The molecule has 1 fully saturated rings. The van der Waals surface area contributed by atoms with Gasteiger partial charge in [-0.25, -0.2) is 0 Å². The van der Waals surface area contributed by atoms with Crippen molar-refractivity contribution in [2.45, 2.75) is 25.9 Å². The number of nitrogens with one attached hydrogen (secondary N) is 1. The third kappa shape index (κ3) is 4.33. The number of hydrogen-bond acceptors (Lipinski definition) is 4. The lowest BCUT2D eigenvalue weighted by Gasteiger charge is -2.29. The molecule has 1 atom stereocenters. The number of amides is 1. The largest absolute Gasteiger partial charge is 0.378 e. The van der Waals surface area contributed by atoms with Gasteiger partial charge in [0.15, 0.2) is 0 Å². The highest BCUT2D eigenvalue weighted by Gasteiger charge is 2.21. The highest BCUT2D eigenvalue weighted by atomic mass is 16.5. The Bertz CT molecular complexity index is 374. The lowest BCUT2D eigenvalue weighted by Crippen LogP contribution is -2.49. The molecule has 1 aromatic heterocycles. The Labute approximate surface area is 113 Å². The molecule has 1 aromatic rings. The summed E-state index contributed by atoms with van der Waals surface area (Å²) in [6, 6.07) is 1.79. The van der Waals surface area contributed by atoms with Crippen molar-refractivity contribution in [2.24, 2.45) is 0 Å². The maximum atomic E-state index is 12.1. The average molecular weight is 266 g/mol. The average Bonchev–Trinajstić information content (AvgIpc) is 2.96. The van der Waals surface area contributed by atoms with Gasteiger partial charge in [0.1, 0.15) is 0 Å². The Morgan fingerprint density at radius 2 is 2.26 bits per heavy atom. The molecule has 1 aliphatic heterocycles. The van der Waals surface area contributed by atoms with Crippen LogP contribution in [0.4, 0.5) is 0 Å². The number of ether oxygens (including phenoxy) is 1. The fourth-order valence-electron chi connectivity index (χ4n) is 2.14. The smallest absolute Gasteiger partial charge is 0.239 e. The van der Waals surface area contributed by atoms with Gasteiger partial charge >= 0.3 is 0 Å². The SMILES string of the molecule is CC(NCCCn1cccn1)C(=O)N1CCOCC1. The van der Waals surface area contributed by atoms with Crippen LogP contribution in [0.25, 0.3) is 0 Å². The summed E-state index contributed by atoms with van der Waals surface area (Å²) in [6.07, 6.45) is 4.68. The summed E-state index contributed by atoms with van der Waals surface area (Å²) >= 11 is 0. The highest BCUT2D eigenvalue weighted by Crippen LogP contribution is 2.00. The van der Waals surface area contributed by atoms with Crippen molar-refractivity contribution in [1.29, 1.82) is 0 Å². The summed E-state index contributed by atoms with van der Waals surface area (Å²) in [7, 11) is 0. The number of carbonyl (C=O) groups excluding carboxylic acids is 1. The molecule has 19 heavy (non-hydrogen) atoms. The fraction of sp³-hybridized carbons (Fsp3) is 0.692. The Kier molecular flexibility index (Phi) is 5.35. The van der Waals surface area contributed by atoms with E-state index in [2.05, 4.69) is 10.4 Å². The molecule has 2 heterocycles. The van der Waals surface area contributed by atoms with E-state index in [1.165, 1.54) is 0 Å². The zero-order valence-electron chi connectivity index (χ0n) is 11.4. The van der Waals surface area contributed by atoms with Crippen LogP contribution >= 0.6 is 0 Å². The molecule has 0 bridgehead atoms. The number of aryl methyl sites for hydroxylation is 1. The molecule has 0 aromatic carbocycles. The van der Waals surface area contributed by atoms with Gasteiger partial charge in [-0.2, -0.15) is 5.10 Å². The minimum Gasteiger partial charge on any atom is -0.378 e. The van der Waals surface area contributed by atoms with Gasteiger partial charge in [0.2, 0.25) is 5.91 Å². The third-order valence-electron chi connectivity index (χ3n) is 3.27.